The number of ether oxygens (including phenoxy) is 1. The molecule has 0 rings (SSSR count). The van der Waals surface area contributed by atoms with Gasteiger partial charge in [0.2, 0.25) is 0 Å². The Kier molecular flexibility index (Phi) is 37.3. The summed E-state index contributed by atoms with van der Waals surface area (Å²) in [5.41, 5.74) is -3.49. The molecule has 0 aromatic rings. The van der Waals surface area contributed by atoms with E-state index in [9.17, 15) is 39.6 Å². The average Bonchev–Trinajstić information content (AvgIpc) is 2.83. The molecule has 2 atom stereocenters. The molecule has 0 aromatic carbocycles. The topological polar surface area (TPSA) is 167 Å². The number of carbonyl (C=O) groups is 4. The minimum absolute atomic E-state index is 0. The molecule has 0 aromatic heterocycles. The fourth-order valence-electron chi connectivity index (χ4n) is 4.37. The van der Waals surface area contributed by atoms with Gasteiger partial charge >= 0.3 is 94.6 Å². The van der Waals surface area contributed by atoms with Crippen LogP contribution in [-0.4, -0.2) is 40.7 Å². The van der Waals surface area contributed by atoms with E-state index in [1.54, 1.807) is 0 Å². The van der Waals surface area contributed by atoms with E-state index >= 15 is 0 Å². The van der Waals surface area contributed by atoms with Crippen LogP contribution in [0.1, 0.15) is 142 Å². The van der Waals surface area contributed by atoms with Gasteiger partial charge in [-0.1, -0.05) is 122 Å². The minimum Gasteiger partial charge on any atom is -0.550 e. The summed E-state index contributed by atoms with van der Waals surface area (Å²) in [6.45, 7) is 2.25. The van der Waals surface area contributed by atoms with E-state index in [-0.39, 0.29) is 95.1 Å². The number of carbonyl (C=O) groups excluding carboxylic acids is 4. The van der Waals surface area contributed by atoms with E-state index in [1.807, 2.05) is 0 Å². The summed E-state index contributed by atoms with van der Waals surface area (Å²) in [6.07, 6.45) is 18.1. The average molecular weight is 597 g/mol. The zero-order chi connectivity index (χ0) is 27.9. The molecule has 0 heterocycles. The van der Waals surface area contributed by atoms with Crippen molar-refractivity contribution in [3.05, 3.63) is 0 Å². The first-order valence-corrected chi connectivity index (χ1v) is 14.2. The summed E-state index contributed by atoms with van der Waals surface area (Å²) in [4.78, 5) is 44.8. The summed E-state index contributed by atoms with van der Waals surface area (Å²) in [7, 11) is 0. The molecule has 0 radical (unpaired) electrons. The number of hydrogen-bond donors (Lipinski definition) is 1. The Morgan fingerprint density at radius 1 is 0.625 bits per heavy atom. The van der Waals surface area contributed by atoms with Crippen molar-refractivity contribution in [1.29, 1.82) is 0 Å². The van der Waals surface area contributed by atoms with Gasteiger partial charge < -0.3 is 39.5 Å². The second-order valence-corrected chi connectivity index (χ2v) is 10.1. The predicted molar refractivity (Wildman–Crippen MR) is 132 cm³/mol. The number of rotatable bonds is 26. The van der Waals surface area contributed by atoms with Crippen molar-refractivity contribution >= 4 is 23.9 Å². The zero-order valence-corrected chi connectivity index (χ0v) is 31.6. The van der Waals surface area contributed by atoms with E-state index in [0.717, 1.165) is 19.3 Å². The molecule has 216 valence electrons. The van der Waals surface area contributed by atoms with Crippen molar-refractivity contribution in [3.63, 3.8) is 0 Å². The smallest absolute Gasteiger partial charge is 0.550 e. The number of aliphatic hydroxyl groups is 1. The third-order valence-electron chi connectivity index (χ3n) is 6.65. The fraction of sp³-hybridized carbons (Fsp3) is 0.857. The van der Waals surface area contributed by atoms with Gasteiger partial charge in [-0.3, -0.25) is 4.79 Å². The number of esters is 1. The molecule has 2 unspecified atom stereocenters. The van der Waals surface area contributed by atoms with Gasteiger partial charge in [-0.05, 0) is 6.42 Å². The van der Waals surface area contributed by atoms with Crippen LogP contribution in [0, 0.1) is 0 Å². The quantitative estimate of drug-likeness (QED) is 0.0580. The van der Waals surface area contributed by atoms with Gasteiger partial charge in [0.15, 0.2) is 11.7 Å². The van der Waals surface area contributed by atoms with Gasteiger partial charge in [-0.25, -0.2) is 0 Å². The van der Waals surface area contributed by atoms with Crippen molar-refractivity contribution in [2.75, 3.05) is 0 Å². The van der Waals surface area contributed by atoms with Crippen LogP contribution < -0.4 is 104 Å². The van der Waals surface area contributed by atoms with Crippen LogP contribution in [-0.2, 0) is 23.9 Å². The zero-order valence-electron chi connectivity index (χ0n) is 25.6. The second kappa shape index (κ2) is 31.3. The van der Waals surface area contributed by atoms with Crippen molar-refractivity contribution in [3.8, 4) is 0 Å². The van der Waals surface area contributed by atoms with Crippen LogP contribution in [0.5, 0.6) is 0 Å². The summed E-state index contributed by atoms with van der Waals surface area (Å²) in [5, 5.41) is 42.8. The fourth-order valence-corrected chi connectivity index (χ4v) is 4.37. The molecule has 0 aliphatic carbocycles. The first kappa shape index (κ1) is 47.8. The normalized spacial score (nSPS) is 12.6. The Morgan fingerprint density at radius 3 is 1.23 bits per heavy atom. The van der Waals surface area contributed by atoms with E-state index in [0.29, 0.717) is 12.8 Å². The monoisotopic (exact) mass is 596 g/mol. The maximum atomic E-state index is 11.9. The minimum atomic E-state index is -3.49. The number of carboxylic acids is 3. The Hall–Kier alpha value is 0.840. The first-order chi connectivity index (χ1) is 17.6. The molecule has 0 saturated carbocycles. The van der Waals surface area contributed by atoms with Crippen LogP contribution in [0.25, 0.3) is 0 Å². The maximum Gasteiger partial charge on any atom is 1.00 e. The molecule has 0 spiro atoms. The molecule has 0 saturated heterocycles. The largest absolute Gasteiger partial charge is 1.00 e. The van der Waals surface area contributed by atoms with E-state index < -0.39 is 42.0 Å². The molecule has 9 nitrogen and oxygen atoms in total. The van der Waals surface area contributed by atoms with Crippen LogP contribution in [0.2, 0.25) is 0 Å². The van der Waals surface area contributed by atoms with Gasteiger partial charge in [-0.2, -0.15) is 0 Å². The van der Waals surface area contributed by atoms with Crippen LogP contribution >= 0.6 is 0 Å². The molecular weight excluding hydrogens is 549 g/mol. The summed E-state index contributed by atoms with van der Waals surface area (Å²) in [5.74, 6) is -7.77. The number of hydrogen-bond acceptors (Lipinski definition) is 9. The van der Waals surface area contributed by atoms with Gasteiger partial charge in [0.1, 0.15) is 0 Å². The van der Waals surface area contributed by atoms with Crippen molar-refractivity contribution in [2.24, 2.45) is 0 Å². The predicted octanol–water partition coefficient (Wildman–Crippen LogP) is -6.90. The maximum absolute atomic E-state index is 11.9. The van der Waals surface area contributed by atoms with Crippen molar-refractivity contribution in [1.82, 2.24) is 0 Å². The van der Waals surface area contributed by atoms with Gasteiger partial charge in [0.05, 0.1) is 11.9 Å². The molecule has 0 amide bonds. The Morgan fingerprint density at radius 2 is 0.950 bits per heavy atom. The number of aliphatic carboxylic acids is 3. The molecule has 12 heteroatoms. The summed E-state index contributed by atoms with van der Waals surface area (Å²) in [6, 6.07) is 0. The molecule has 40 heavy (non-hydrogen) atoms. The molecule has 1 N–H and O–H groups in total. The van der Waals surface area contributed by atoms with Crippen molar-refractivity contribution in [2.45, 2.75) is 153 Å². The van der Waals surface area contributed by atoms with Crippen LogP contribution in [0.3, 0.4) is 0 Å². The first-order valence-electron chi connectivity index (χ1n) is 14.2. The second-order valence-electron chi connectivity index (χ2n) is 10.1. The van der Waals surface area contributed by atoms with Gasteiger partial charge in [0, 0.05) is 18.8 Å². The van der Waals surface area contributed by atoms with Gasteiger partial charge in [-0.15, -0.1) is 0 Å². The Bertz CT molecular complexity index is 665. The van der Waals surface area contributed by atoms with Crippen molar-refractivity contribution < 1.29 is 133 Å². The van der Waals surface area contributed by atoms with E-state index in [4.69, 9.17) is 0 Å². The molecule has 0 aliphatic rings. The molecule has 0 aliphatic heterocycles. The number of unbranched alkanes of at least 4 members (excludes halogenated alkanes) is 18. The van der Waals surface area contributed by atoms with Gasteiger partial charge in [0.25, 0.3) is 0 Å². The third-order valence-corrected chi connectivity index (χ3v) is 6.65. The summed E-state index contributed by atoms with van der Waals surface area (Å²) >= 11 is 0. The SMILES string of the molecule is CCCCCCCCCCCCCCCCCCCCCC(=O)OC(C(=O)[O-])C(O)(CC(=O)[O-])C(=O)[O-].[Na+].[Na+].[Na+]. The standard InChI is InChI=1S/C28H50O9.3Na/c1-2-3-4-5-6-7-8-9-10-11-12-13-14-15-16-17-18-19-20-21-24(31)37-25(26(32)33)28(36,27(34)35)22-23(29)30;;;/h25,36H,2-22H2,1H3,(H,29,30)(H,32,33)(H,34,35);;;/q;3*+1/p-3. The van der Waals surface area contributed by atoms with Crippen LogP contribution in [0.15, 0.2) is 0 Å². The molecule has 0 bridgehead atoms. The van der Waals surface area contributed by atoms with E-state index in [1.165, 1.54) is 89.9 Å². The Balaban J connectivity index is -0.00000216. The van der Waals surface area contributed by atoms with E-state index in [2.05, 4.69) is 11.7 Å². The Labute approximate surface area is 307 Å². The molecular formula is C28H47Na3O9. The summed E-state index contributed by atoms with van der Waals surface area (Å²) < 4.78 is 4.51. The third kappa shape index (κ3) is 25.3. The molecule has 0 fully saturated rings. The number of carboxylic acid groups (broad SMARTS) is 3. The van der Waals surface area contributed by atoms with Crippen LogP contribution in [0.4, 0.5) is 0 Å².